The van der Waals surface area contributed by atoms with E-state index in [4.69, 9.17) is 10.8 Å². The zero-order chi connectivity index (χ0) is 14.6. The van der Waals surface area contributed by atoms with E-state index in [2.05, 4.69) is 4.72 Å². The average molecular weight is 286 g/mol. The molecule has 0 aliphatic rings. The Labute approximate surface area is 114 Å². The van der Waals surface area contributed by atoms with E-state index in [0.29, 0.717) is 17.7 Å². The predicted octanol–water partition coefficient (Wildman–Crippen LogP) is 1.26. The van der Waals surface area contributed by atoms with Gasteiger partial charge < -0.3 is 10.8 Å². The van der Waals surface area contributed by atoms with E-state index in [0.717, 1.165) is 0 Å². The molecular formula is C13H22N2O3S. The van der Waals surface area contributed by atoms with Gasteiger partial charge in [-0.2, -0.15) is 0 Å². The number of nitrogens with two attached hydrogens (primary N) is 1. The van der Waals surface area contributed by atoms with E-state index in [9.17, 15) is 8.42 Å². The fourth-order valence-electron chi connectivity index (χ4n) is 1.84. The van der Waals surface area contributed by atoms with Crippen LogP contribution in [0.2, 0.25) is 0 Å². The van der Waals surface area contributed by atoms with Gasteiger partial charge in [0.1, 0.15) is 0 Å². The van der Waals surface area contributed by atoms with Crippen molar-refractivity contribution in [1.82, 2.24) is 4.72 Å². The van der Waals surface area contributed by atoms with Crippen molar-refractivity contribution in [2.75, 3.05) is 12.3 Å². The van der Waals surface area contributed by atoms with E-state index >= 15 is 0 Å². The van der Waals surface area contributed by atoms with Crippen LogP contribution in [0.5, 0.6) is 0 Å². The van der Waals surface area contributed by atoms with Gasteiger partial charge >= 0.3 is 0 Å². The van der Waals surface area contributed by atoms with Gasteiger partial charge in [-0.3, -0.25) is 0 Å². The summed E-state index contributed by atoms with van der Waals surface area (Å²) >= 11 is 0. The van der Waals surface area contributed by atoms with Crippen molar-refractivity contribution in [2.24, 2.45) is 5.92 Å². The van der Waals surface area contributed by atoms with E-state index < -0.39 is 10.0 Å². The molecule has 0 saturated carbocycles. The molecule has 108 valence electrons. The van der Waals surface area contributed by atoms with Gasteiger partial charge in [0.15, 0.2) is 0 Å². The lowest BCUT2D eigenvalue weighted by Crippen LogP contribution is -2.39. The van der Waals surface area contributed by atoms with Crippen LogP contribution in [0.4, 0.5) is 5.69 Å². The third-order valence-electron chi connectivity index (χ3n) is 3.05. The number of sulfonamides is 1. The summed E-state index contributed by atoms with van der Waals surface area (Å²) in [6.45, 7) is 5.50. The van der Waals surface area contributed by atoms with Crippen LogP contribution in [-0.2, 0) is 10.0 Å². The van der Waals surface area contributed by atoms with Crippen molar-refractivity contribution in [1.29, 1.82) is 0 Å². The summed E-state index contributed by atoms with van der Waals surface area (Å²) < 4.78 is 27.3. The van der Waals surface area contributed by atoms with Crippen molar-refractivity contribution in [3.63, 3.8) is 0 Å². The molecule has 0 aromatic heterocycles. The third kappa shape index (κ3) is 4.19. The fourth-order valence-corrected chi connectivity index (χ4v) is 3.54. The number of aliphatic hydroxyl groups excluding tert-OH is 1. The SMILES string of the molecule is Cc1ccc(N)cc1S(=O)(=O)NC(CCO)C(C)C. The monoisotopic (exact) mass is 286 g/mol. The minimum absolute atomic E-state index is 0.0543. The molecule has 5 nitrogen and oxygen atoms in total. The van der Waals surface area contributed by atoms with Crippen molar-refractivity contribution in [3.8, 4) is 0 Å². The molecule has 0 aliphatic heterocycles. The summed E-state index contributed by atoms with van der Waals surface area (Å²) in [4.78, 5) is 0.191. The van der Waals surface area contributed by atoms with Gasteiger partial charge in [0, 0.05) is 18.3 Å². The molecule has 19 heavy (non-hydrogen) atoms. The molecule has 0 heterocycles. The van der Waals surface area contributed by atoms with Crippen molar-refractivity contribution >= 4 is 15.7 Å². The Bertz CT molecular complexity index is 527. The van der Waals surface area contributed by atoms with Crippen LogP contribution in [0.25, 0.3) is 0 Å². The van der Waals surface area contributed by atoms with Crippen LogP contribution in [0.3, 0.4) is 0 Å². The highest BCUT2D eigenvalue weighted by Crippen LogP contribution is 2.20. The van der Waals surface area contributed by atoms with E-state index in [-0.39, 0.29) is 23.5 Å². The maximum absolute atomic E-state index is 12.3. The second kappa shape index (κ2) is 6.36. The Kier molecular flexibility index (Phi) is 5.34. The highest BCUT2D eigenvalue weighted by atomic mass is 32.2. The highest BCUT2D eigenvalue weighted by molar-refractivity contribution is 7.89. The quantitative estimate of drug-likeness (QED) is 0.686. The van der Waals surface area contributed by atoms with Crippen molar-refractivity contribution < 1.29 is 13.5 Å². The molecule has 0 fully saturated rings. The first kappa shape index (κ1) is 15.9. The number of anilines is 1. The molecule has 0 amide bonds. The molecule has 4 N–H and O–H groups in total. The Balaban J connectivity index is 3.06. The number of benzene rings is 1. The lowest BCUT2D eigenvalue weighted by Gasteiger charge is -2.22. The Morgan fingerprint density at radius 3 is 2.53 bits per heavy atom. The molecule has 1 aromatic rings. The molecule has 0 aliphatic carbocycles. The fraction of sp³-hybridized carbons (Fsp3) is 0.538. The van der Waals surface area contributed by atoms with Crippen molar-refractivity contribution in [3.05, 3.63) is 23.8 Å². The molecule has 6 heteroatoms. The largest absolute Gasteiger partial charge is 0.399 e. The van der Waals surface area contributed by atoms with Crippen LogP contribution in [0.1, 0.15) is 25.8 Å². The molecule has 0 bridgehead atoms. The van der Waals surface area contributed by atoms with Gasteiger partial charge in [0.2, 0.25) is 10.0 Å². The van der Waals surface area contributed by atoms with Crippen molar-refractivity contribution in [2.45, 2.75) is 38.1 Å². The summed E-state index contributed by atoms with van der Waals surface area (Å²) in [7, 11) is -3.62. The number of hydrogen-bond donors (Lipinski definition) is 3. The summed E-state index contributed by atoms with van der Waals surface area (Å²) in [5, 5.41) is 9.00. The second-order valence-electron chi connectivity index (χ2n) is 5.01. The van der Waals surface area contributed by atoms with Gasteiger partial charge in [0.25, 0.3) is 0 Å². The third-order valence-corrected chi connectivity index (χ3v) is 4.68. The second-order valence-corrected chi connectivity index (χ2v) is 6.69. The molecule has 1 atom stereocenters. The van der Waals surface area contributed by atoms with Crippen LogP contribution in [0, 0.1) is 12.8 Å². The molecule has 1 aromatic carbocycles. The molecule has 1 rings (SSSR count). The number of aryl methyl sites for hydroxylation is 1. The molecular weight excluding hydrogens is 264 g/mol. The predicted molar refractivity (Wildman–Crippen MR) is 76.2 cm³/mol. The normalized spacial score (nSPS) is 13.7. The Morgan fingerprint density at radius 2 is 2.00 bits per heavy atom. The lowest BCUT2D eigenvalue weighted by molar-refractivity contribution is 0.256. The minimum atomic E-state index is -3.62. The van der Waals surface area contributed by atoms with Gasteiger partial charge in [-0.1, -0.05) is 19.9 Å². The van der Waals surface area contributed by atoms with Crippen LogP contribution < -0.4 is 10.5 Å². The summed E-state index contributed by atoms with van der Waals surface area (Å²) in [5.74, 6) is 0.100. The molecule has 0 saturated heterocycles. The van der Waals surface area contributed by atoms with Gasteiger partial charge in [-0.25, -0.2) is 13.1 Å². The number of aliphatic hydroxyl groups is 1. The number of rotatable bonds is 6. The van der Waals surface area contributed by atoms with E-state index in [1.54, 1.807) is 19.1 Å². The molecule has 0 spiro atoms. The first-order valence-corrected chi connectivity index (χ1v) is 7.75. The number of nitrogen functional groups attached to an aromatic ring is 1. The molecule has 1 unspecified atom stereocenters. The maximum atomic E-state index is 12.3. The zero-order valence-electron chi connectivity index (χ0n) is 11.6. The van der Waals surface area contributed by atoms with Crippen LogP contribution in [0.15, 0.2) is 23.1 Å². The first-order valence-electron chi connectivity index (χ1n) is 6.27. The summed E-state index contributed by atoms with van der Waals surface area (Å²) in [5.41, 5.74) is 6.70. The number of hydrogen-bond acceptors (Lipinski definition) is 4. The Morgan fingerprint density at radius 1 is 1.37 bits per heavy atom. The smallest absolute Gasteiger partial charge is 0.241 e. The maximum Gasteiger partial charge on any atom is 0.241 e. The zero-order valence-corrected chi connectivity index (χ0v) is 12.4. The number of nitrogens with one attached hydrogen (secondary N) is 1. The molecule has 0 radical (unpaired) electrons. The van der Waals surface area contributed by atoms with Gasteiger partial charge in [0.05, 0.1) is 4.90 Å². The van der Waals surface area contributed by atoms with Gasteiger partial charge in [-0.15, -0.1) is 0 Å². The van der Waals surface area contributed by atoms with E-state index in [1.165, 1.54) is 6.07 Å². The Hall–Kier alpha value is -1.11. The lowest BCUT2D eigenvalue weighted by atomic mass is 10.0. The van der Waals surface area contributed by atoms with Crippen LogP contribution in [-0.4, -0.2) is 26.2 Å². The van der Waals surface area contributed by atoms with Gasteiger partial charge in [-0.05, 0) is 37.0 Å². The standard InChI is InChI=1S/C13H22N2O3S/c1-9(2)12(6-7-16)15-19(17,18)13-8-11(14)5-4-10(13)3/h4-5,8-9,12,15-16H,6-7,14H2,1-3H3. The summed E-state index contributed by atoms with van der Waals surface area (Å²) in [6.07, 6.45) is 0.387. The minimum Gasteiger partial charge on any atom is -0.399 e. The van der Waals surface area contributed by atoms with Crippen LogP contribution >= 0.6 is 0 Å². The highest BCUT2D eigenvalue weighted by Gasteiger charge is 2.23. The average Bonchev–Trinajstić information content (AvgIpc) is 2.31. The van der Waals surface area contributed by atoms with E-state index in [1.807, 2.05) is 13.8 Å². The topological polar surface area (TPSA) is 92.4 Å². The summed E-state index contributed by atoms with van der Waals surface area (Å²) in [6, 6.07) is 4.51. The first-order chi connectivity index (χ1) is 8.77.